The van der Waals surface area contributed by atoms with Gasteiger partial charge in [-0.15, -0.1) is 0 Å². The van der Waals surface area contributed by atoms with Gasteiger partial charge in [-0.2, -0.15) is 0 Å². The minimum atomic E-state index is -1.10. The number of carboxylic acid groups (broad SMARTS) is 1. The monoisotopic (exact) mass is 421 g/mol. The molecule has 158 valence electrons. The SMILES string of the molecule is CCC(=O)C1=C(O)C(=O)N(c2nc3ccc(C(=O)O)cc3[nH]2)C1c1cccc(OC)c1. The summed E-state index contributed by atoms with van der Waals surface area (Å²) in [7, 11) is 1.50. The maximum Gasteiger partial charge on any atom is 0.335 e. The molecule has 0 aliphatic carbocycles. The Morgan fingerprint density at radius 3 is 2.68 bits per heavy atom. The van der Waals surface area contributed by atoms with E-state index in [0.717, 1.165) is 0 Å². The van der Waals surface area contributed by atoms with Gasteiger partial charge in [-0.3, -0.25) is 14.5 Å². The molecule has 0 radical (unpaired) electrons. The van der Waals surface area contributed by atoms with E-state index in [-0.39, 0.29) is 29.3 Å². The van der Waals surface area contributed by atoms with Crippen molar-refractivity contribution in [2.24, 2.45) is 0 Å². The number of anilines is 1. The third-order valence-electron chi connectivity index (χ3n) is 5.18. The quantitative estimate of drug-likeness (QED) is 0.557. The highest BCUT2D eigenvalue weighted by Gasteiger charge is 2.45. The molecule has 2 aromatic carbocycles. The van der Waals surface area contributed by atoms with Gasteiger partial charge in [-0.1, -0.05) is 19.1 Å². The first-order chi connectivity index (χ1) is 14.8. The van der Waals surface area contributed by atoms with Gasteiger partial charge in [0.15, 0.2) is 11.5 Å². The van der Waals surface area contributed by atoms with Gasteiger partial charge in [-0.25, -0.2) is 9.78 Å². The number of aliphatic hydroxyl groups excluding tert-OH is 1. The van der Waals surface area contributed by atoms with Crippen molar-refractivity contribution < 1.29 is 29.3 Å². The Morgan fingerprint density at radius 2 is 2.00 bits per heavy atom. The Balaban J connectivity index is 1.88. The Morgan fingerprint density at radius 1 is 1.23 bits per heavy atom. The average Bonchev–Trinajstić information content (AvgIpc) is 3.31. The molecular formula is C22H19N3O6. The Kier molecular flexibility index (Phi) is 4.94. The molecule has 1 aromatic heterocycles. The molecule has 31 heavy (non-hydrogen) atoms. The first-order valence-corrected chi connectivity index (χ1v) is 9.52. The predicted molar refractivity (Wildman–Crippen MR) is 111 cm³/mol. The summed E-state index contributed by atoms with van der Waals surface area (Å²) < 4.78 is 5.27. The summed E-state index contributed by atoms with van der Waals surface area (Å²) >= 11 is 0. The molecule has 0 saturated carbocycles. The molecule has 9 heteroatoms. The second-order valence-electron chi connectivity index (χ2n) is 6.99. The van der Waals surface area contributed by atoms with Crippen molar-refractivity contribution in [2.75, 3.05) is 12.0 Å². The molecule has 3 aromatic rings. The third-order valence-corrected chi connectivity index (χ3v) is 5.18. The number of aromatic amines is 1. The van der Waals surface area contributed by atoms with E-state index < -0.39 is 23.7 Å². The number of aliphatic hydroxyl groups is 1. The van der Waals surface area contributed by atoms with Crippen LogP contribution in [0.1, 0.15) is 35.3 Å². The van der Waals surface area contributed by atoms with Gasteiger partial charge in [0.2, 0.25) is 5.95 Å². The van der Waals surface area contributed by atoms with Crippen molar-refractivity contribution in [3.8, 4) is 5.75 Å². The van der Waals surface area contributed by atoms with Crippen LogP contribution in [-0.4, -0.2) is 45.0 Å². The van der Waals surface area contributed by atoms with Crippen molar-refractivity contribution in [1.29, 1.82) is 0 Å². The third kappa shape index (κ3) is 3.29. The number of ether oxygens (including phenoxy) is 1. The number of imidazole rings is 1. The fourth-order valence-electron chi connectivity index (χ4n) is 3.67. The number of carbonyl (C=O) groups excluding carboxylic acids is 2. The van der Waals surface area contributed by atoms with E-state index >= 15 is 0 Å². The van der Waals surface area contributed by atoms with Gasteiger partial charge in [0, 0.05) is 6.42 Å². The fraction of sp³-hybridized carbons (Fsp3) is 0.182. The standard InChI is InChI=1S/C22H19N3O6/c1-3-16(26)17-18(11-5-4-6-13(9-11)31-2)25(20(28)19(17)27)22-23-14-8-7-12(21(29)30)10-15(14)24-22/h4-10,18,27H,3H2,1-2H3,(H,23,24)(H,29,30). The fourth-order valence-corrected chi connectivity index (χ4v) is 3.67. The number of carboxylic acids is 1. The second kappa shape index (κ2) is 7.60. The number of aromatic carboxylic acids is 1. The zero-order valence-electron chi connectivity index (χ0n) is 16.7. The van der Waals surface area contributed by atoms with Crippen LogP contribution < -0.4 is 9.64 Å². The molecule has 3 N–H and O–H groups in total. The highest BCUT2D eigenvalue weighted by atomic mass is 16.5. The van der Waals surface area contributed by atoms with Crippen molar-refractivity contribution in [2.45, 2.75) is 19.4 Å². The van der Waals surface area contributed by atoms with Gasteiger partial charge in [0.25, 0.3) is 5.91 Å². The molecule has 4 rings (SSSR count). The Hall–Kier alpha value is -4.14. The van der Waals surface area contributed by atoms with Crippen LogP contribution in [0, 0.1) is 0 Å². The first-order valence-electron chi connectivity index (χ1n) is 9.52. The largest absolute Gasteiger partial charge is 0.503 e. The number of hydrogen-bond acceptors (Lipinski definition) is 6. The van der Waals surface area contributed by atoms with Crippen LogP contribution in [0.5, 0.6) is 5.75 Å². The van der Waals surface area contributed by atoms with Crippen molar-refractivity contribution >= 4 is 34.6 Å². The summed E-state index contributed by atoms with van der Waals surface area (Å²) in [6.45, 7) is 1.65. The van der Waals surface area contributed by atoms with E-state index in [2.05, 4.69) is 9.97 Å². The van der Waals surface area contributed by atoms with Crippen LogP contribution in [0.2, 0.25) is 0 Å². The number of aromatic nitrogens is 2. The molecule has 2 heterocycles. The van der Waals surface area contributed by atoms with E-state index in [1.54, 1.807) is 31.2 Å². The summed E-state index contributed by atoms with van der Waals surface area (Å²) in [5, 5.41) is 19.8. The summed E-state index contributed by atoms with van der Waals surface area (Å²) in [5.41, 5.74) is 1.43. The number of ketones is 1. The summed E-state index contributed by atoms with van der Waals surface area (Å²) in [4.78, 5) is 45.5. The van der Waals surface area contributed by atoms with Crippen molar-refractivity contribution in [3.63, 3.8) is 0 Å². The second-order valence-corrected chi connectivity index (χ2v) is 6.99. The Bertz CT molecular complexity index is 1260. The minimum absolute atomic E-state index is 0.0209. The average molecular weight is 421 g/mol. The van der Waals surface area contributed by atoms with Crippen molar-refractivity contribution in [1.82, 2.24) is 9.97 Å². The van der Waals surface area contributed by atoms with Gasteiger partial charge in [-0.05, 0) is 35.9 Å². The molecule has 1 amide bonds. The number of nitrogens with one attached hydrogen (secondary N) is 1. The zero-order valence-corrected chi connectivity index (χ0v) is 16.7. The van der Waals surface area contributed by atoms with Gasteiger partial charge >= 0.3 is 5.97 Å². The lowest BCUT2D eigenvalue weighted by atomic mass is 9.95. The van der Waals surface area contributed by atoms with Crippen molar-refractivity contribution in [3.05, 3.63) is 64.9 Å². The summed E-state index contributed by atoms with van der Waals surface area (Å²) in [6.07, 6.45) is 0.100. The summed E-state index contributed by atoms with van der Waals surface area (Å²) in [6, 6.07) is 10.3. The predicted octanol–water partition coefficient (Wildman–Crippen LogP) is 3.15. The van der Waals surface area contributed by atoms with Crippen LogP contribution >= 0.6 is 0 Å². The van der Waals surface area contributed by atoms with Crippen LogP contribution in [-0.2, 0) is 9.59 Å². The van der Waals surface area contributed by atoms with Gasteiger partial charge in [0.1, 0.15) is 5.75 Å². The smallest absolute Gasteiger partial charge is 0.335 e. The van der Waals surface area contributed by atoms with E-state index in [0.29, 0.717) is 22.3 Å². The van der Waals surface area contributed by atoms with Gasteiger partial charge < -0.3 is 19.9 Å². The number of carbonyl (C=O) groups is 3. The van der Waals surface area contributed by atoms with Gasteiger partial charge in [0.05, 0.1) is 35.3 Å². The molecule has 9 nitrogen and oxygen atoms in total. The zero-order chi connectivity index (χ0) is 22.3. The van der Waals surface area contributed by atoms with Crippen LogP contribution in [0.4, 0.5) is 5.95 Å². The maximum atomic E-state index is 13.0. The lowest BCUT2D eigenvalue weighted by Crippen LogP contribution is -2.32. The number of benzene rings is 2. The minimum Gasteiger partial charge on any atom is -0.503 e. The molecule has 1 aliphatic heterocycles. The molecule has 1 unspecified atom stereocenters. The van der Waals surface area contributed by atoms with Crippen LogP contribution in [0.15, 0.2) is 53.8 Å². The molecular weight excluding hydrogens is 402 g/mol. The molecule has 0 fully saturated rings. The lowest BCUT2D eigenvalue weighted by molar-refractivity contribution is -0.118. The highest BCUT2D eigenvalue weighted by molar-refractivity contribution is 6.16. The van der Waals surface area contributed by atoms with E-state index in [1.807, 2.05) is 0 Å². The molecule has 1 aliphatic rings. The number of nitrogens with zero attached hydrogens (tertiary/aromatic N) is 2. The van der Waals surface area contributed by atoms with Crippen LogP contribution in [0.25, 0.3) is 11.0 Å². The maximum absolute atomic E-state index is 13.0. The summed E-state index contributed by atoms with van der Waals surface area (Å²) in [5.74, 6) is -2.27. The molecule has 0 saturated heterocycles. The van der Waals surface area contributed by atoms with Crippen LogP contribution in [0.3, 0.4) is 0 Å². The number of amides is 1. The number of fused-ring (bicyclic) bond motifs is 1. The normalized spacial score (nSPS) is 16.3. The molecule has 1 atom stereocenters. The highest BCUT2D eigenvalue weighted by Crippen LogP contribution is 2.41. The number of hydrogen-bond donors (Lipinski definition) is 3. The number of methoxy groups -OCH3 is 1. The van der Waals surface area contributed by atoms with E-state index in [1.165, 1.54) is 30.2 Å². The number of rotatable bonds is 6. The topological polar surface area (TPSA) is 133 Å². The first kappa shape index (κ1) is 20.1. The molecule has 0 bridgehead atoms. The number of H-pyrrole nitrogens is 1. The lowest BCUT2D eigenvalue weighted by Gasteiger charge is -2.24. The van der Waals surface area contributed by atoms with E-state index in [4.69, 9.17) is 4.74 Å². The Labute approximate surface area is 176 Å². The van der Waals surface area contributed by atoms with E-state index in [9.17, 15) is 24.6 Å². The number of Topliss-reactive ketones (excluding diaryl/α,β-unsaturated/α-hetero) is 1. The molecule has 0 spiro atoms.